The molecule has 0 unspecified atom stereocenters. The van der Waals surface area contributed by atoms with Gasteiger partial charge in [0, 0.05) is 32.1 Å². The number of nitrogens with one attached hydrogen (secondary N) is 1. The number of ether oxygens (including phenoxy) is 1. The van der Waals surface area contributed by atoms with Crippen LogP contribution in [0.2, 0.25) is 0 Å². The summed E-state index contributed by atoms with van der Waals surface area (Å²) in [7, 11) is 3.49. The fourth-order valence-electron chi connectivity index (χ4n) is 2.41. The molecule has 6 heteroatoms. The van der Waals surface area contributed by atoms with E-state index >= 15 is 0 Å². The minimum atomic E-state index is -0.540. The molecule has 2 amide bonds. The smallest absolute Gasteiger partial charge is 0.407 e. The molecule has 0 aromatic heterocycles. The third-order valence-electron chi connectivity index (χ3n) is 3.40. The standard InChI is InChI=1S/C14H27N3O3/c1-14(2,3)20-13(19)16-11-8-9(6-7-10(11)15)12(18)17(4)5/h9-11H,6-8,15H2,1-5H3,(H,16,19)/t9-,10-,11+/m1/s1. The Morgan fingerprint density at radius 1 is 1.25 bits per heavy atom. The summed E-state index contributed by atoms with van der Waals surface area (Å²) in [6, 6.07) is -0.346. The van der Waals surface area contributed by atoms with Gasteiger partial charge in [-0.25, -0.2) is 4.79 Å². The lowest BCUT2D eigenvalue weighted by molar-refractivity contribution is -0.134. The van der Waals surface area contributed by atoms with Crippen LogP contribution in [0.4, 0.5) is 4.79 Å². The number of hydrogen-bond acceptors (Lipinski definition) is 4. The predicted molar refractivity (Wildman–Crippen MR) is 77.2 cm³/mol. The Morgan fingerprint density at radius 2 is 1.85 bits per heavy atom. The summed E-state index contributed by atoms with van der Waals surface area (Å²) >= 11 is 0. The van der Waals surface area contributed by atoms with E-state index in [-0.39, 0.29) is 23.9 Å². The summed E-state index contributed by atoms with van der Waals surface area (Å²) < 4.78 is 5.23. The third-order valence-corrected chi connectivity index (χ3v) is 3.40. The van der Waals surface area contributed by atoms with Gasteiger partial charge >= 0.3 is 6.09 Å². The van der Waals surface area contributed by atoms with Gasteiger partial charge in [-0.05, 0) is 40.0 Å². The van der Waals surface area contributed by atoms with E-state index in [1.54, 1.807) is 19.0 Å². The maximum absolute atomic E-state index is 12.0. The SMILES string of the molecule is CN(C)C(=O)[C@@H]1CC[C@@H](N)[C@@H](NC(=O)OC(C)(C)C)C1. The van der Waals surface area contributed by atoms with Crippen LogP contribution in [0.1, 0.15) is 40.0 Å². The first kappa shape index (κ1) is 16.8. The number of carbonyl (C=O) groups excluding carboxylic acids is 2. The molecule has 20 heavy (non-hydrogen) atoms. The van der Waals surface area contributed by atoms with Gasteiger partial charge in [-0.3, -0.25) is 4.79 Å². The van der Waals surface area contributed by atoms with E-state index in [4.69, 9.17) is 10.5 Å². The fraction of sp³-hybridized carbons (Fsp3) is 0.857. The van der Waals surface area contributed by atoms with E-state index in [2.05, 4.69) is 5.32 Å². The predicted octanol–water partition coefficient (Wildman–Crippen LogP) is 1.10. The highest BCUT2D eigenvalue weighted by Crippen LogP contribution is 2.25. The highest BCUT2D eigenvalue weighted by molar-refractivity contribution is 5.78. The number of rotatable bonds is 2. The van der Waals surface area contributed by atoms with Crippen molar-refractivity contribution in [3.8, 4) is 0 Å². The molecule has 1 saturated carbocycles. The molecule has 116 valence electrons. The highest BCUT2D eigenvalue weighted by Gasteiger charge is 2.34. The molecule has 0 bridgehead atoms. The summed E-state index contributed by atoms with van der Waals surface area (Å²) in [6.07, 6.45) is 1.59. The number of amides is 2. The van der Waals surface area contributed by atoms with E-state index in [1.807, 2.05) is 20.8 Å². The Labute approximate surface area is 121 Å². The van der Waals surface area contributed by atoms with Crippen molar-refractivity contribution in [3.05, 3.63) is 0 Å². The van der Waals surface area contributed by atoms with Gasteiger partial charge in [0.1, 0.15) is 5.60 Å². The molecule has 3 N–H and O–H groups in total. The van der Waals surface area contributed by atoms with Crippen LogP contribution in [0.3, 0.4) is 0 Å². The number of nitrogens with two attached hydrogens (primary N) is 1. The number of alkyl carbamates (subject to hydrolysis) is 1. The maximum Gasteiger partial charge on any atom is 0.407 e. The summed E-state index contributed by atoms with van der Waals surface area (Å²) in [5, 5.41) is 2.79. The molecule has 0 aliphatic heterocycles. The van der Waals surface area contributed by atoms with Crippen molar-refractivity contribution >= 4 is 12.0 Å². The van der Waals surface area contributed by atoms with Gasteiger partial charge in [-0.2, -0.15) is 0 Å². The largest absolute Gasteiger partial charge is 0.444 e. The normalized spacial score (nSPS) is 26.8. The second kappa shape index (κ2) is 6.43. The summed E-state index contributed by atoms with van der Waals surface area (Å²) in [6.45, 7) is 5.43. The molecular weight excluding hydrogens is 258 g/mol. The number of nitrogens with zero attached hydrogens (tertiary/aromatic N) is 1. The third kappa shape index (κ3) is 5.00. The lowest BCUT2D eigenvalue weighted by atomic mass is 9.82. The lowest BCUT2D eigenvalue weighted by Crippen LogP contribution is -2.53. The first-order valence-corrected chi connectivity index (χ1v) is 7.06. The Kier molecular flexibility index (Phi) is 5.39. The molecule has 0 aromatic carbocycles. The van der Waals surface area contributed by atoms with Gasteiger partial charge in [0.15, 0.2) is 0 Å². The topological polar surface area (TPSA) is 84.7 Å². The van der Waals surface area contributed by atoms with Gasteiger partial charge in [0.25, 0.3) is 0 Å². The number of carbonyl (C=O) groups is 2. The molecule has 6 nitrogen and oxygen atoms in total. The monoisotopic (exact) mass is 285 g/mol. The van der Waals surface area contributed by atoms with Crippen LogP contribution in [0.25, 0.3) is 0 Å². The van der Waals surface area contributed by atoms with E-state index in [1.165, 1.54) is 0 Å². The Bertz CT molecular complexity index is 363. The molecule has 0 spiro atoms. The van der Waals surface area contributed by atoms with Crippen LogP contribution in [-0.4, -0.2) is 48.7 Å². The zero-order valence-corrected chi connectivity index (χ0v) is 13.1. The van der Waals surface area contributed by atoms with Crippen LogP contribution in [0.5, 0.6) is 0 Å². The van der Waals surface area contributed by atoms with Crippen molar-refractivity contribution in [1.29, 1.82) is 0 Å². The molecule has 1 aliphatic carbocycles. The van der Waals surface area contributed by atoms with Gasteiger partial charge in [-0.1, -0.05) is 0 Å². The first-order chi connectivity index (χ1) is 9.10. The zero-order chi connectivity index (χ0) is 15.5. The molecule has 1 fully saturated rings. The summed E-state index contributed by atoms with van der Waals surface area (Å²) in [4.78, 5) is 25.4. The molecule has 0 aromatic rings. The van der Waals surface area contributed by atoms with Crippen LogP contribution in [0.15, 0.2) is 0 Å². The second-order valence-electron chi connectivity index (χ2n) is 6.66. The average Bonchev–Trinajstić information content (AvgIpc) is 2.28. The van der Waals surface area contributed by atoms with Crippen molar-refractivity contribution in [1.82, 2.24) is 10.2 Å². The van der Waals surface area contributed by atoms with Gasteiger partial charge in [0.05, 0.1) is 0 Å². The van der Waals surface area contributed by atoms with Gasteiger partial charge < -0.3 is 20.7 Å². The minimum Gasteiger partial charge on any atom is -0.444 e. The first-order valence-electron chi connectivity index (χ1n) is 7.06. The zero-order valence-electron chi connectivity index (χ0n) is 13.1. The van der Waals surface area contributed by atoms with E-state index in [0.717, 1.165) is 12.8 Å². The summed E-state index contributed by atoms with van der Waals surface area (Å²) in [5.74, 6) is 0.0117. The van der Waals surface area contributed by atoms with Crippen molar-refractivity contribution < 1.29 is 14.3 Å². The fourth-order valence-corrected chi connectivity index (χ4v) is 2.41. The molecule has 0 radical (unpaired) electrons. The average molecular weight is 285 g/mol. The van der Waals surface area contributed by atoms with E-state index < -0.39 is 11.7 Å². The van der Waals surface area contributed by atoms with Crippen molar-refractivity contribution in [2.45, 2.75) is 57.7 Å². The van der Waals surface area contributed by atoms with Crippen LogP contribution in [0, 0.1) is 5.92 Å². The molecular formula is C14H27N3O3. The van der Waals surface area contributed by atoms with Crippen molar-refractivity contribution in [2.75, 3.05) is 14.1 Å². The Morgan fingerprint density at radius 3 is 2.35 bits per heavy atom. The Balaban J connectivity index is 2.59. The highest BCUT2D eigenvalue weighted by atomic mass is 16.6. The van der Waals surface area contributed by atoms with E-state index in [0.29, 0.717) is 6.42 Å². The Hall–Kier alpha value is -1.30. The van der Waals surface area contributed by atoms with Gasteiger partial charge in [-0.15, -0.1) is 0 Å². The van der Waals surface area contributed by atoms with E-state index in [9.17, 15) is 9.59 Å². The van der Waals surface area contributed by atoms with Gasteiger partial charge in [0.2, 0.25) is 5.91 Å². The second-order valence-corrected chi connectivity index (χ2v) is 6.66. The molecule has 0 saturated heterocycles. The quantitative estimate of drug-likeness (QED) is 0.795. The van der Waals surface area contributed by atoms with Crippen LogP contribution >= 0.6 is 0 Å². The minimum absolute atomic E-state index is 0.0789. The molecule has 0 heterocycles. The van der Waals surface area contributed by atoms with Crippen molar-refractivity contribution in [2.24, 2.45) is 11.7 Å². The summed E-state index contributed by atoms with van der Waals surface area (Å²) in [5.41, 5.74) is 5.49. The molecule has 1 rings (SSSR count). The molecule has 3 atom stereocenters. The van der Waals surface area contributed by atoms with Crippen molar-refractivity contribution in [3.63, 3.8) is 0 Å². The number of hydrogen-bond donors (Lipinski definition) is 2. The molecule has 1 aliphatic rings. The van der Waals surface area contributed by atoms with Crippen LogP contribution in [-0.2, 0) is 9.53 Å². The maximum atomic E-state index is 12.0. The van der Waals surface area contributed by atoms with Crippen LogP contribution < -0.4 is 11.1 Å². The lowest BCUT2D eigenvalue weighted by Gasteiger charge is -2.35.